The number of rotatable bonds is 10. The molecule has 2 rings (SSSR count). The molecule has 1 atom stereocenters. The fraction of sp³-hybridized carbons (Fsp3) is 0.650. The molecule has 156 valence electrons. The van der Waals surface area contributed by atoms with Crippen molar-refractivity contribution in [2.24, 2.45) is 7.05 Å². The van der Waals surface area contributed by atoms with Crippen LogP contribution in [0, 0.1) is 0 Å². The van der Waals surface area contributed by atoms with Gasteiger partial charge in [0.25, 0.3) is 0 Å². The molecule has 8 heteroatoms. The SMILES string of the molecule is CCOC(=O)CNC(=O)N(CC(=O)N(Cc1cccn1C)C1CC1)[C@@H](C)CC. The van der Waals surface area contributed by atoms with Crippen LogP contribution in [0.2, 0.25) is 0 Å². The fourth-order valence-corrected chi connectivity index (χ4v) is 2.99. The molecule has 0 spiro atoms. The van der Waals surface area contributed by atoms with E-state index in [0.717, 1.165) is 18.5 Å². The number of aromatic nitrogens is 1. The molecule has 1 heterocycles. The molecule has 1 aromatic rings. The summed E-state index contributed by atoms with van der Waals surface area (Å²) in [6, 6.07) is 3.65. The number of amides is 3. The van der Waals surface area contributed by atoms with Gasteiger partial charge in [-0.2, -0.15) is 0 Å². The largest absolute Gasteiger partial charge is 0.465 e. The highest BCUT2D eigenvalue weighted by Crippen LogP contribution is 2.28. The lowest BCUT2D eigenvalue weighted by Crippen LogP contribution is -2.51. The van der Waals surface area contributed by atoms with Gasteiger partial charge in [-0.1, -0.05) is 6.92 Å². The quantitative estimate of drug-likeness (QED) is 0.617. The van der Waals surface area contributed by atoms with Gasteiger partial charge < -0.3 is 24.4 Å². The van der Waals surface area contributed by atoms with Crippen molar-refractivity contribution in [3.05, 3.63) is 24.0 Å². The van der Waals surface area contributed by atoms with Crippen molar-refractivity contribution in [3.63, 3.8) is 0 Å². The zero-order valence-electron chi connectivity index (χ0n) is 17.3. The highest BCUT2D eigenvalue weighted by atomic mass is 16.5. The topological polar surface area (TPSA) is 83.9 Å². The van der Waals surface area contributed by atoms with Gasteiger partial charge in [-0.15, -0.1) is 0 Å². The van der Waals surface area contributed by atoms with Crippen LogP contribution in [-0.4, -0.2) is 64.1 Å². The van der Waals surface area contributed by atoms with Crippen molar-refractivity contribution >= 4 is 17.9 Å². The maximum atomic E-state index is 13.0. The van der Waals surface area contributed by atoms with Gasteiger partial charge in [0.15, 0.2) is 0 Å². The average Bonchev–Trinajstić information content (AvgIpc) is 3.43. The van der Waals surface area contributed by atoms with E-state index in [4.69, 9.17) is 4.74 Å². The van der Waals surface area contributed by atoms with Gasteiger partial charge in [0.1, 0.15) is 13.1 Å². The Morgan fingerprint density at radius 1 is 1.32 bits per heavy atom. The standard InChI is InChI=1S/C20H32N4O4/c1-5-15(3)23(20(27)21-12-19(26)28-6-2)14-18(25)24(16-9-10-16)13-17-8-7-11-22(17)4/h7-8,11,15-16H,5-6,9-10,12-14H2,1-4H3,(H,21,27)/t15-/m0/s1. The third-order valence-corrected chi connectivity index (χ3v) is 5.07. The summed E-state index contributed by atoms with van der Waals surface area (Å²) in [4.78, 5) is 40.5. The number of urea groups is 1. The lowest BCUT2D eigenvalue weighted by Gasteiger charge is -2.31. The maximum absolute atomic E-state index is 13.0. The minimum atomic E-state index is -0.491. The first-order valence-electron chi connectivity index (χ1n) is 9.97. The Hall–Kier alpha value is -2.51. The van der Waals surface area contributed by atoms with Crippen LogP contribution in [-0.2, 0) is 27.9 Å². The first-order valence-corrected chi connectivity index (χ1v) is 9.97. The Morgan fingerprint density at radius 3 is 2.57 bits per heavy atom. The van der Waals surface area contributed by atoms with Gasteiger partial charge in [0, 0.05) is 31.0 Å². The molecule has 28 heavy (non-hydrogen) atoms. The molecular weight excluding hydrogens is 360 g/mol. The molecule has 0 radical (unpaired) electrons. The predicted molar refractivity (Wildman–Crippen MR) is 105 cm³/mol. The van der Waals surface area contributed by atoms with Crippen LogP contribution in [0.5, 0.6) is 0 Å². The van der Waals surface area contributed by atoms with Crippen LogP contribution >= 0.6 is 0 Å². The Morgan fingerprint density at radius 2 is 2.04 bits per heavy atom. The minimum absolute atomic E-state index is 0.00934. The number of esters is 1. The zero-order valence-corrected chi connectivity index (χ0v) is 17.3. The molecule has 8 nitrogen and oxygen atoms in total. The average molecular weight is 393 g/mol. The molecule has 0 bridgehead atoms. The van der Waals surface area contributed by atoms with E-state index < -0.39 is 12.0 Å². The van der Waals surface area contributed by atoms with Crippen LogP contribution in [0.15, 0.2) is 18.3 Å². The molecule has 1 fully saturated rings. The second-order valence-electron chi connectivity index (χ2n) is 7.21. The summed E-state index contributed by atoms with van der Waals surface area (Å²) in [5.74, 6) is -0.565. The summed E-state index contributed by atoms with van der Waals surface area (Å²) < 4.78 is 6.84. The number of aryl methyl sites for hydroxylation is 1. The summed E-state index contributed by atoms with van der Waals surface area (Å²) in [6.07, 6.45) is 4.66. The van der Waals surface area contributed by atoms with Crippen molar-refractivity contribution in [2.75, 3.05) is 19.7 Å². The van der Waals surface area contributed by atoms with Crippen LogP contribution < -0.4 is 5.32 Å². The van der Waals surface area contributed by atoms with Crippen molar-refractivity contribution in [1.82, 2.24) is 19.7 Å². The molecule has 1 saturated carbocycles. The number of carbonyl (C=O) groups is 3. The lowest BCUT2D eigenvalue weighted by molar-refractivity contribution is -0.141. The molecule has 0 saturated heterocycles. The number of hydrogen-bond acceptors (Lipinski definition) is 4. The molecule has 0 aliphatic heterocycles. The first-order chi connectivity index (χ1) is 13.4. The van der Waals surface area contributed by atoms with Gasteiger partial charge in [-0.3, -0.25) is 9.59 Å². The van der Waals surface area contributed by atoms with Gasteiger partial charge in [0.05, 0.1) is 13.2 Å². The highest BCUT2D eigenvalue weighted by molar-refractivity contribution is 5.86. The monoisotopic (exact) mass is 392 g/mol. The van der Waals surface area contributed by atoms with Gasteiger partial charge in [-0.25, -0.2) is 4.79 Å². The summed E-state index contributed by atoms with van der Waals surface area (Å²) in [5.41, 5.74) is 1.06. The molecule has 0 unspecified atom stereocenters. The second-order valence-corrected chi connectivity index (χ2v) is 7.21. The summed E-state index contributed by atoms with van der Waals surface area (Å²) in [5, 5.41) is 2.56. The number of nitrogens with one attached hydrogen (secondary N) is 1. The lowest BCUT2D eigenvalue weighted by atomic mass is 10.2. The van der Waals surface area contributed by atoms with Crippen LogP contribution in [0.3, 0.4) is 0 Å². The summed E-state index contributed by atoms with van der Waals surface area (Å²) in [6.45, 7) is 6.15. The van der Waals surface area contributed by atoms with E-state index in [1.54, 1.807) is 6.92 Å². The number of hydrogen-bond donors (Lipinski definition) is 1. The highest BCUT2D eigenvalue weighted by Gasteiger charge is 2.34. The van der Waals surface area contributed by atoms with E-state index in [9.17, 15) is 14.4 Å². The molecule has 0 aromatic carbocycles. The van der Waals surface area contributed by atoms with E-state index >= 15 is 0 Å². The number of carbonyl (C=O) groups excluding carboxylic acids is 3. The molecule has 3 amide bonds. The van der Waals surface area contributed by atoms with Crippen molar-refractivity contribution in [2.45, 2.75) is 58.7 Å². The molecular formula is C20H32N4O4. The first kappa shape index (κ1) is 21.8. The summed E-state index contributed by atoms with van der Waals surface area (Å²) >= 11 is 0. The fourth-order valence-electron chi connectivity index (χ4n) is 2.99. The van der Waals surface area contributed by atoms with Gasteiger partial charge in [0.2, 0.25) is 5.91 Å². The van der Waals surface area contributed by atoms with E-state index in [1.165, 1.54) is 4.90 Å². The van der Waals surface area contributed by atoms with Gasteiger partial charge >= 0.3 is 12.0 Å². The normalized spacial score (nSPS) is 14.3. The maximum Gasteiger partial charge on any atom is 0.325 e. The third kappa shape index (κ3) is 6.00. The van der Waals surface area contributed by atoms with E-state index in [-0.39, 0.29) is 37.7 Å². The van der Waals surface area contributed by atoms with E-state index in [2.05, 4.69) is 5.32 Å². The van der Waals surface area contributed by atoms with Crippen LogP contribution in [0.25, 0.3) is 0 Å². The Labute approximate surface area is 166 Å². The third-order valence-electron chi connectivity index (χ3n) is 5.07. The smallest absolute Gasteiger partial charge is 0.325 e. The van der Waals surface area contributed by atoms with Crippen molar-refractivity contribution in [3.8, 4) is 0 Å². The van der Waals surface area contributed by atoms with Crippen LogP contribution in [0.4, 0.5) is 4.79 Å². The summed E-state index contributed by atoms with van der Waals surface area (Å²) in [7, 11) is 1.96. The Bertz CT molecular complexity index is 684. The van der Waals surface area contributed by atoms with Crippen molar-refractivity contribution < 1.29 is 19.1 Å². The number of ether oxygens (including phenoxy) is 1. The molecule has 1 N–H and O–H groups in total. The Balaban J connectivity index is 2.02. The molecule has 1 aliphatic rings. The van der Waals surface area contributed by atoms with Crippen molar-refractivity contribution in [1.29, 1.82) is 0 Å². The second kappa shape index (κ2) is 10.1. The van der Waals surface area contributed by atoms with E-state index in [0.29, 0.717) is 13.0 Å². The van der Waals surface area contributed by atoms with E-state index in [1.807, 2.05) is 48.7 Å². The van der Waals surface area contributed by atoms with Crippen LogP contribution in [0.1, 0.15) is 45.7 Å². The number of nitrogens with zero attached hydrogens (tertiary/aromatic N) is 3. The zero-order chi connectivity index (χ0) is 20.7. The predicted octanol–water partition coefficient (Wildman–Crippen LogP) is 1.89. The minimum Gasteiger partial charge on any atom is -0.465 e. The molecule has 1 aliphatic carbocycles. The van der Waals surface area contributed by atoms with Gasteiger partial charge in [-0.05, 0) is 45.2 Å². The molecule has 1 aromatic heterocycles. The Kier molecular flexibility index (Phi) is 7.90.